The predicted octanol–water partition coefficient (Wildman–Crippen LogP) is 2.52. The zero-order chi connectivity index (χ0) is 20.8. The molecule has 0 radical (unpaired) electrons. The van der Waals surface area contributed by atoms with Crippen molar-refractivity contribution in [2.24, 2.45) is 13.0 Å². The van der Waals surface area contributed by atoms with Crippen molar-refractivity contribution in [3.63, 3.8) is 0 Å². The van der Waals surface area contributed by atoms with E-state index in [-0.39, 0.29) is 29.5 Å². The zero-order valence-electron chi connectivity index (χ0n) is 16.2. The Morgan fingerprint density at radius 1 is 1.17 bits per heavy atom. The van der Waals surface area contributed by atoms with E-state index in [0.717, 1.165) is 0 Å². The largest absolute Gasteiger partial charge is 0.342 e. The SMILES string of the molecule is CC(C)[C@@H](NC(=O)c1ccccc1)c1nnc(SCC(=O)Nc2nncs2)n1C. The van der Waals surface area contributed by atoms with Crippen molar-refractivity contribution >= 4 is 40.0 Å². The quantitative estimate of drug-likeness (QED) is 0.527. The van der Waals surface area contributed by atoms with Crippen molar-refractivity contribution < 1.29 is 9.59 Å². The Kier molecular flexibility index (Phi) is 6.94. The molecule has 9 nitrogen and oxygen atoms in total. The van der Waals surface area contributed by atoms with Crippen LogP contribution in [0.15, 0.2) is 41.0 Å². The number of rotatable bonds is 8. The second-order valence-corrected chi connectivity index (χ2v) is 8.32. The molecule has 29 heavy (non-hydrogen) atoms. The molecular weight excluding hydrogens is 410 g/mol. The van der Waals surface area contributed by atoms with Gasteiger partial charge in [0.2, 0.25) is 11.0 Å². The second kappa shape index (κ2) is 9.61. The van der Waals surface area contributed by atoms with Gasteiger partial charge in [0.25, 0.3) is 5.91 Å². The smallest absolute Gasteiger partial charge is 0.251 e. The van der Waals surface area contributed by atoms with E-state index in [1.54, 1.807) is 22.2 Å². The highest BCUT2D eigenvalue weighted by Crippen LogP contribution is 2.24. The molecule has 2 heterocycles. The number of aromatic nitrogens is 5. The third-order valence-corrected chi connectivity index (χ3v) is 5.70. The van der Waals surface area contributed by atoms with Gasteiger partial charge in [-0.25, -0.2) is 0 Å². The summed E-state index contributed by atoms with van der Waals surface area (Å²) in [6, 6.07) is 8.73. The molecule has 2 amide bonds. The fraction of sp³-hybridized carbons (Fsp3) is 0.333. The minimum absolute atomic E-state index is 0.101. The minimum atomic E-state index is -0.315. The fourth-order valence-electron chi connectivity index (χ4n) is 2.58. The highest BCUT2D eigenvalue weighted by molar-refractivity contribution is 7.99. The highest BCUT2D eigenvalue weighted by Gasteiger charge is 2.25. The first kappa shape index (κ1) is 20.9. The van der Waals surface area contributed by atoms with Crippen LogP contribution in [-0.2, 0) is 11.8 Å². The predicted molar refractivity (Wildman–Crippen MR) is 112 cm³/mol. The van der Waals surface area contributed by atoms with E-state index in [2.05, 4.69) is 31.0 Å². The summed E-state index contributed by atoms with van der Waals surface area (Å²) in [5, 5.41) is 22.7. The number of hydrogen-bond acceptors (Lipinski definition) is 8. The summed E-state index contributed by atoms with van der Waals surface area (Å²) in [7, 11) is 1.82. The molecule has 0 aliphatic heterocycles. The number of benzene rings is 1. The molecule has 152 valence electrons. The molecule has 3 rings (SSSR count). The zero-order valence-corrected chi connectivity index (χ0v) is 17.8. The van der Waals surface area contributed by atoms with Gasteiger partial charge >= 0.3 is 0 Å². The van der Waals surface area contributed by atoms with Crippen LogP contribution in [-0.4, -0.2) is 42.5 Å². The third-order valence-electron chi connectivity index (χ3n) is 4.07. The first-order chi connectivity index (χ1) is 14.0. The van der Waals surface area contributed by atoms with Crippen LogP contribution in [0, 0.1) is 5.92 Å². The average molecular weight is 432 g/mol. The van der Waals surface area contributed by atoms with Gasteiger partial charge in [-0.15, -0.1) is 20.4 Å². The van der Waals surface area contributed by atoms with Gasteiger partial charge in [0.05, 0.1) is 11.8 Å². The molecule has 1 aromatic carbocycles. The number of hydrogen-bond donors (Lipinski definition) is 2. The Labute approximate surface area is 176 Å². The van der Waals surface area contributed by atoms with E-state index in [0.29, 0.717) is 21.7 Å². The molecule has 0 saturated carbocycles. The summed E-state index contributed by atoms with van der Waals surface area (Å²) in [5.74, 6) is 0.529. The van der Waals surface area contributed by atoms with Gasteiger partial charge in [0.1, 0.15) is 5.51 Å². The summed E-state index contributed by atoms with van der Waals surface area (Å²) >= 11 is 2.52. The molecular formula is C18H21N7O2S2. The van der Waals surface area contributed by atoms with Gasteiger partial charge in [-0.3, -0.25) is 14.9 Å². The molecule has 3 aromatic rings. The van der Waals surface area contributed by atoms with Crippen LogP contribution >= 0.6 is 23.1 Å². The summed E-state index contributed by atoms with van der Waals surface area (Å²) < 4.78 is 1.80. The van der Waals surface area contributed by atoms with Crippen LogP contribution in [0.1, 0.15) is 36.1 Å². The lowest BCUT2D eigenvalue weighted by Crippen LogP contribution is -2.33. The summed E-state index contributed by atoms with van der Waals surface area (Å²) in [5.41, 5.74) is 2.14. The van der Waals surface area contributed by atoms with Crippen molar-refractivity contribution in [2.75, 3.05) is 11.1 Å². The van der Waals surface area contributed by atoms with Gasteiger partial charge in [-0.1, -0.05) is 55.1 Å². The number of thioether (sulfide) groups is 1. The van der Waals surface area contributed by atoms with Crippen molar-refractivity contribution in [3.05, 3.63) is 47.2 Å². The van der Waals surface area contributed by atoms with Gasteiger partial charge in [-0.2, -0.15) is 0 Å². The Morgan fingerprint density at radius 2 is 1.93 bits per heavy atom. The molecule has 1 atom stereocenters. The van der Waals surface area contributed by atoms with E-state index < -0.39 is 0 Å². The van der Waals surface area contributed by atoms with Gasteiger partial charge < -0.3 is 9.88 Å². The fourth-order valence-corrected chi connectivity index (χ4v) is 3.76. The van der Waals surface area contributed by atoms with E-state index in [1.807, 2.05) is 39.1 Å². The summed E-state index contributed by atoms with van der Waals surface area (Å²) in [6.07, 6.45) is 0. The maximum Gasteiger partial charge on any atom is 0.251 e. The van der Waals surface area contributed by atoms with Gasteiger partial charge in [0, 0.05) is 12.6 Å². The molecule has 0 fully saturated rings. The topological polar surface area (TPSA) is 115 Å². The van der Waals surface area contributed by atoms with Crippen molar-refractivity contribution in [1.82, 2.24) is 30.3 Å². The van der Waals surface area contributed by atoms with Crippen LogP contribution < -0.4 is 10.6 Å². The molecule has 0 unspecified atom stereocenters. The second-order valence-electron chi connectivity index (χ2n) is 6.54. The van der Waals surface area contributed by atoms with Crippen molar-refractivity contribution in [2.45, 2.75) is 25.0 Å². The highest BCUT2D eigenvalue weighted by atomic mass is 32.2. The number of amides is 2. The Morgan fingerprint density at radius 3 is 2.59 bits per heavy atom. The van der Waals surface area contributed by atoms with Crippen LogP contribution in [0.3, 0.4) is 0 Å². The number of anilines is 1. The van der Waals surface area contributed by atoms with E-state index >= 15 is 0 Å². The maximum atomic E-state index is 12.6. The number of nitrogens with one attached hydrogen (secondary N) is 2. The first-order valence-corrected chi connectivity index (χ1v) is 10.8. The molecule has 0 aliphatic carbocycles. The summed E-state index contributed by atoms with van der Waals surface area (Å²) in [6.45, 7) is 4.01. The molecule has 2 N–H and O–H groups in total. The van der Waals surface area contributed by atoms with Crippen LogP contribution in [0.2, 0.25) is 0 Å². The Hall–Kier alpha value is -2.79. The molecule has 0 aliphatic rings. The standard InChI is InChI=1S/C18H21N7O2S2/c1-11(2)14(21-16(27)12-7-5-4-6-8-12)15-22-24-18(25(15)3)28-9-13(26)20-17-23-19-10-29-17/h4-8,10-11,14H,9H2,1-3H3,(H,21,27)(H,20,23,26)/t14-/m1/s1. The molecule has 11 heteroatoms. The molecule has 2 aromatic heterocycles. The molecule has 0 spiro atoms. The van der Waals surface area contributed by atoms with Crippen LogP contribution in [0.4, 0.5) is 5.13 Å². The first-order valence-electron chi connectivity index (χ1n) is 8.89. The molecule has 0 bridgehead atoms. The maximum absolute atomic E-state index is 12.6. The summed E-state index contributed by atoms with van der Waals surface area (Å²) in [4.78, 5) is 24.6. The van der Waals surface area contributed by atoms with Gasteiger partial charge in [-0.05, 0) is 18.1 Å². The van der Waals surface area contributed by atoms with E-state index in [4.69, 9.17) is 0 Å². The normalized spacial score (nSPS) is 12.0. The lowest BCUT2D eigenvalue weighted by atomic mass is 10.0. The van der Waals surface area contributed by atoms with Crippen molar-refractivity contribution in [1.29, 1.82) is 0 Å². The third kappa shape index (κ3) is 5.39. The average Bonchev–Trinajstić information content (AvgIpc) is 3.34. The number of nitrogens with zero attached hydrogens (tertiary/aromatic N) is 5. The number of carbonyl (C=O) groups is 2. The minimum Gasteiger partial charge on any atom is -0.342 e. The molecule has 0 saturated heterocycles. The van der Waals surface area contributed by atoms with E-state index in [9.17, 15) is 9.59 Å². The lowest BCUT2D eigenvalue weighted by molar-refractivity contribution is -0.113. The number of carbonyl (C=O) groups excluding carboxylic acids is 2. The Balaban J connectivity index is 1.66. The van der Waals surface area contributed by atoms with Gasteiger partial charge in [0.15, 0.2) is 11.0 Å². The lowest BCUT2D eigenvalue weighted by Gasteiger charge is -2.21. The van der Waals surface area contributed by atoms with Crippen LogP contribution in [0.5, 0.6) is 0 Å². The van der Waals surface area contributed by atoms with Crippen LogP contribution in [0.25, 0.3) is 0 Å². The van der Waals surface area contributed by atoms with E-state index in [1.165, 1.54) is 23.1 Å². The Bertz CT molecular complexity index is 958. The monoisotopic (exact) mass is 431 g/mol. The van der Waals surface area contributed by atoms with Crippen molar-refractivity contribution in [3.8, 4) is 0 Å².